The number of aromatic nitrogens is 4. The maximum Gasteiger partial charge on any atom is 0.303 e. The molecular formula is C38H45N7O8. The van der Waals surface area contributed by atoms with Crippen LogP contribution in [-0.2, 0) is 33.3 Å². The third kappa shape index (κ3) is 9.34. The number of esters is 3. The fourth-order valence-corrected chi connectivity index (χ4v) is 6.83. The maximum atomic E-state index is 13.7. The number of benzene rings is 2. The quantitative estimate of drug-likeness (QED) is 0.142. The SMILES string of the molecule is CC(=O)OC[C@H]1O[C@@H](n2cnc3c(NCC(c4ccccc4)c4ccccc4)nc(C(=O)NCCN4CCCCC4)nc32)[C@H](OC(C)=O)[C@@H]1OC(C)=O. The van der Waals surface area contributed by atoms with Crippen molar-refractivity contribution in [3.63, 3.8) is 0 Å². The minimum absolute atomic E-state index is 0.0793. The van der Waals surface area contributed by atoms with Crippen molar-refractivity contribution in [2.24, 2.45) is 0 Å². The summed E-state index contributed by atoms with van der Waals surface area (Å²) in [6.45, 7) is 6.90. The molecule has 280 valence electrons. The van der Waals surface area contributed by atoms with Crippen molar-refractivity contribution in [1.29, 1.82) is 0 Å². The Morgan fingerprint density at radius 1 is 0.849 bits per heavy atom. The normalized spacial score (nSPS) is 20.2. The molecule has 2 aromatic carbocycles. The summed E-state index contributed by atoms with van der Waals surface area (Å²) in [7, 11) is 0. The average molecular weight is 728 g/mol. The molecule has 2 saturated heterocycles. The summed E-state index contributed by atoms with van der Waals surface area (Å²) in [4.78, 5) is 66.2. The van der Waals surface area contributed by atoms with Crippen molar-refractivity contribution in [3.8, 4) is 0 Å². The van der Waals surface area contributed by atoms with Crippen molar-refractivity contribution in [2.75, 3.05) is 44.6 Å². The van der Waals surface area contributed by atoms with E-state index in [0.717, 1.165) is 37.1 Å². The summed E-state index contributed by atoms with van der Waals surface area (Å²) in [5.74, 6) is -2.23. The van der Waals surface area contributed by atoms with Gasteiger partial charge in [0, 0.05) is 46.3 Å². The van der Waals surface area contributed by atoms with Crippen molar-refractivity contribution >= 4 is 40.8 Å². The van der Waals surface area contributed by atoms with Crippen LogP contribution in [-0.4, -0.2) is 106 Å². The molecule has 2 aliphatic rings. The molecule has 53 heavy (non-hydrogen) atoms. The third-order valence-electron chi connectivity index (χ3n) is 9.28. The number of amides is 1. The number of carbonyl (C=O) groups is 4. The van der Waals surface area contributed by atoms with E-state index in [-0.39, 0.29) is 24.0 Å². The molecule has 2 fully saturated rings. The standard InChI is InChI=1S/C38H45N7O8/c1-24(46)50-22-30-32(51-25(2)47)33(52-26(3)48)38(53-30)45-23-41-31-34(40-21-29(27-13-7-4-8-14-27)28-15-9-5-10-16-28)42-35(43-36(31)45)37(49)39-17-20-44-18-11-6-12-19-44/h4-5,7-10,13-16,23,29-30,32-33,38H,6,11-12,17-22H2,1-3H3,(H,39,49)(H,40,42,43)/t30-,32-,33-,38-/m1/s1. The minimum Gasteiger partial charge on any atom is -0.463 e. The van der Waals surface area contributed by atoms with E-state index in [1.165, 1.54) is 38.1 Å². The lowest BCUT2D eigenvalue weighted by Crippen LogP contribution is -2.40. The molecule has 4 aromatic rings. The van der Waals surface area contributed by atoms with Gasteiger partial charge in [-0.05, 0) is 37.1 Å². The Hall–Kier alpha value is -5.41. The molecule has 0 saturated carbocycles. The molecule has 0 radical (unpaired) electrons. The predicted molar refractivity (Wildman–Crippen MR) is 193 cm³/mol. The van der Waals surface area contributed by atoms with Crippen molar-refractivity contribution in [2.45, 2.75) is 70.5 Å². The number of rotatable bonds is 14. The van der Waals surface area contributed by atoms with Gasteiger partial charge in [0.1, 0.15) is 12.7 Å². The highest BCUT2D eigenvalue weighted by molar-refractivity contribution is 5.94. The fraction of sp³-hybridized carbons (Fsp3) is 0.447. The second kappa shape index (κ2) is 17.4. The molecule has 15 heteroatoms. The Kier molecular flexibility index (Phi) is 12.3. The average Bonchev–Trinajstić information content (AvgIpc) is 3.72. The summed E-state index contributed by atoms with van der Waals surface area (Å²) in [6.07, 6.45) is 0.487. The second-order valence-corrected chi connectivity index (χ2v) is 13.1. The number of anilines is 1. The highest BCUT2D eigenvalue weighted by atomic mass is 16.7. The van der Waals surface area contributed by atoms with Crippen LogP contribution in [0.15, 0.2) is 67.0 Å². The van der Waals surface area contributed by atoms with Crippen molar-refractivity contribution in [1.82, 2.24) is 29.7 Å². The van der Waals surface area contributed by atoms with Crippen LogP contribution < -0.4 is 10.6 Å². The van der Waals surface area contributed by atoms with Gasteiger partial charge in [0.05, 0.1) is 6.33 Å². The number of piperidine rings is 1. The lowest BCUT2D eigenvalue weighted by molar-refractivity contribution is -0.166. The molecule has 2 aromatic heterocycles. The van der Waals surface area contributed by atoms with Crippen molar-refractivity contribution in [3.05, 3.63) is 83.9 Å². The molecule has 0 aliphatic carbocycles. The molecule has 0 spiro atoms. The largest absolute Gasteiger partial charge is 0.463 e. The van der Waals surface area contributed by atoms with E-state index in [2.05, 4.69) is 54.8 Å². The third-order valence-corrected chi connectivity index (χ3v) is 9.28. The fourth-order valence-electron chi connectivity index (χ4n) is 6.83. The van der Waals surface area contributed by atoms with Crippen LogP contribution in [0.2, 0.25) is 0 Å². The van der Waals surface area contributed by atoms with Crippen LogP contribution in [0.4, 0.5) is 5.82 Å². The van der Waals surface area contributed by atoms with Crippen LogP contribution in [0.5, 0.6) is 0 Å². The van der Waals surface area contributed by atoms with Gasteiger partial charge in [0.25, 0.3) is 5.91 Å². The molecule has 2 N–H and O–H groups in total. The first-order valence-electron chi connectivity index (χ1n) is 17.9. The molecule has 2 aliphatic heterocycles. The summed E-state index contributed by atoms with van der Waals surface area (Å²) in [5, 5.41) is 6.41. The molecule has 1 amide bonds. The summed E-state index contributed by atoms with van der Waals surface area (Å²) in [6, 6.07) is 20.1. The van der Waals surface area contributed by atoms with E-state index in [4.69, 9.17) is 18.9 Å². The number of nitrogens with zero attached hydrogens (tertiary/aromatic N) is 5. The molecule has 0 bridgehead atoms. The van der Waals surface area contributed by atoms with Gasteiger partial charge in [0.15, 0.2) is 35.4 Å². The first-order valence-corrected chi connectivity index (χ1v) is 17.9. The lowest BCUT2D eigenvalue weighted by Gasteiger charge is -2.26. The number of ether oxygens (including phenoxy) is 4. The van der Waals surface area contributed by atoms with Crippen molar-refractivity contribution < 1.29 is 38.1 Å². The molecule has 4 heterocycles. The van der Waals surface area contributed by atoms with E-state index in [9.17, 15) is 19.2 Å². The van der Waals surface area contributed by atoms with Gasteiger partial charge in [0.2, 0.25) is 5.82 Å². The van der Waals surface area contributed by atoms with E-state index >= 15 is 0 Å². The molecular weight excluding hydrogens is 682 g/mol. The number of hydrogen-bond acceptors (Lipinski definition) is 13. The van der Waals surface area contributed by atoms with Crippen LogP contribution in [0.25, 0.3) is 11.2 Å². The highest BCUT2D eigenvalue weighted by Gasteiger charge is 2.51. The smallest absolute Gasteiger partial charge is 0.303 e. The number of hydrogen-bond donors (Lipinski definition) is 2. The highest BCUT2D eigenvalue weighted by Crippen LogP contribution is 2.37. The zero-order valence-electron chi connectivity index (χ0n) is 30.1. The van der Waals surface area contributed by atoms with E-state index < -0.39 is 48.4 Å². The van der Waals surface area contributed by atoms with E-state index in [1.54, 1.807) is 0 Å². The number of imidazole rings is 1. The first kappa shape index (κ1) is 37.4. The van der Waals surface area contributed by atoms with E-state index in [1.807, 2.05) is 36.4 Å². The zero-order chi connectivity index (χ0) is 37.3. The summed E-state index contributed by atoms with van der Waals surface area (Å²) < 4.78 is 24.2. The first-order chi connectivity index (χ1) is 25.7. The lowest BCUT2D eigenvalue weighted by atomic mass is 9.91. The van der Waals surface area contributed by atoms with Gasteiger partial charge in [-0.1, -0.05) is 67.1 Å². The van der Waals surface area contributed by atoms with Gasteiger partial charge < -0.3 is 34.5 Å². The van der Waals surface area contributed by atoms with Gasteiger partial charge >= 0.3 is 17.9 Å². The molecule has 15 nitrogen and oxygen atoms in total. The Labute approximate surface area is 307 Å². The molecule has 6 rings (SSSR count). The second-order valence-electron chi connectivity index (χ2n) is 13.1. The Morgan fingerprint density at radius 3 is 2.11 bits per heavy atom. The molecule has 4 atom stereocenters. The van der Waals surface area contributed by atoms with Crippen LogP contribution in [0.1, 0.15) is 73.9 Å². The minimum atomic E-state index is -1.18. The monoisotopic (exact) mass is 727 g/mol. The van der Waals surface area contributed by atoms with Crippen LogP contribution in [0, 0.1) is 0 Å². The van der Waals surface area contributed by atoms with Gasteiger partial charge in [-0.15, -0.1) is 0 Å². The molecule has 0 unspecified atom stereocenters. The van der Waals surface area contributed by atoms with Gasteiger partial charge in [-0.3, -0.25) is 23.7 Å². The van der Waals surface area contributed by atoms with Crippen LogP contribution in [0.3, 0.4) is 0 Å². The Balaban J connectivity index is 1.37. The van der Waals surface area contributed by atoms with Crippen LogP contribution >= 0.6 is 0 Å². The van der Waals surface area contributed by atoms with Gasteiger partial charge in [-0.25, -0.2) is 15.0 Å². The summed E-state index contributed by atoms with van der Waals surface area (Å²) in [5.41, 5.74) is 2.69. The predicted octanol–water partition coefficient (Wildman–Crippen LogP) is 3.61. The Bertz CT molecular complexity index is 1840. The number of fused-ring (bicyclic) bond motifs is 1. The number of likely N-dealkylation sites (tertiary alicyclic amines) is 1. The summed E-state index contributed by atoms with van der Waals surface area (Å²) >= 11 is 0. The maximum absolute atomic E-state index is 13.7. The number of carbonyl (C=O) groups excluding carboxylic acids is 4. The van der Waals surface area contributed by atoms with E-state index in [0.29, 0.717) is 31.0 Å². The zero-order valence-corrected chi connectivity index (χ0v) is 30.1. The topological polar surface area (TPSA) is 176 Å². The number of nitrogens with one attached hydrogen (secondary N) is 2. The van der Waals surface area contributed by atoms with Gasteiger partial charge in [-0.2, -0.15) is 0 Å². The Morgan fingerprint density at radius 2 is 1.49 bits per heavy atom.